The summed E-state index contributed by atoms with van der Waals surface area (Å²) in [4.78, 5) is 15.9. The van der Waals surface area contributed by atoms with Crippen molar-refractivity contribution in [3.05, 3.63) is 35.9 Å². The van der Waals surface area contributed by atoms with Crippen molar-refractivity contribution < 1.29 is 19.4 Å². The van der Waals surface area contributed by atoms with Crippen LogP contribution in [0.4, 0.5) is 0 Å². The number of rotatable bonds is 18. The molecule has 1 aromatic carbocycles. The van der Waals surface area contributed by atoms with Crippen molar-refractivity contribution in [1.82, 2.24) is 0 Å². The molecular formula is C27H43NO4. The van der Waals surface area contributed by atoms with Crippen LogP contribution in [0.25, 0.3) is 0 Å². The van der Waals surface area contributed by atoms with Gasteiger partial charge < -0.3 is 14.6 Å². The molecule has 0 aliphatic rings. The summed E-state index contributed by atoms with van der Waals surface area (Å²) in [6.07, 6.45) is 20.7. The van der Waals surface area contributed by atoms with Gasteiger partial charge in [0.25, 0.3) is 0 Å². The molecule has 32 heavy (non-hydrogen) atoms. The lowest BCUT2D eigenvalue weighted by molar-refractivity contribution is -0.140. The van der Waals surface area contributed by atoms with E-state index in [-0.39, 0.29) is 17.8 Å². The highest BCUT2D eigenvalue weighted by atomic mass is 16.5. The van der Waals surface area contributed by atoms with Gasteiger partial charge in [0.2, 0.25) is 0 Å². The molecule has 0 saturated heterocycles. The molecule has 0 amide bonds. The first-order valence-corrected chi connectivity index (χ1v) is 12.2. The summed E-state index contributed by atoms with van der Waals surface area (Å²) >= 11 is 0. The number of aromatic hydroxyl groups is 1. The van der Waals surface area contributed by atoms with Gasteiger partial charge in [0.05, 0.1) is 20.3 Å². The molecule has 0 bridgehead atoms. The van der Waals surface area contributed by atoms with Crippen LogP contribution in [0.5, 0.6) is 11.5 Å². The molecule has 5 nitrogen and oxygen atoms in total. The van der Waals surface area contributed by atoms with Crippen molar-refractivity contribution in [3.8, 4) is 11.5 Å². The lowest BCUT2D eigenvalue weighted by Crippen LogP contribution is -2.04. The molecule has 1 atom stereocenters. The molecule has 0 aromatic heterocycles. The van der Waals surface area contributed by atoms with Crippen molar-refractivity contribution in [2.45, 2.75) is 96.4 Å². The Hall–Kier alpha value is -2.30. The van der Waals surface area contributed by atoms with E-state index in [2.05, 4.69) is 23.8 Å². The average molecular weight is 446 g/mol. The molecule has 1 rings (SSSR count). The number of hydrogen-bond acceptors (Lipinski definition) is 5. The van der Waals surface area contributed by atoms with Crippen molar-refractivity contribution in [2.75, 3.05) is 14.2 Å². The Bertz CT molecular complexity index is 684. The van der Waals surface area contributed by atoms with Gasteiger partial charge in [0.1, 0.15) is 0 Å². The van der Waals surface area contributed by atoms with Crippen LogP contribution in [0, 0.1) is 0 Å². The number of allylic oxidation sites excluding steroid dienone is 1. The van der Waals surface area contributed by atoms with Gasteiger partial charge in [-0.25, -0.2) is 0 Å². The number of benzene rings is 1. The largest absolute Gasteiger partial charge is 0.504 e. The summed E-state index contributed by atoms with van der Waals surface area (Å²) in [7, 11) is 3.00. The minimum Gasteiger partial charge on any atom is -0.504 e. The lowest BCUT2D eigenvalue weighted by atomic mass is 10.0. The highest BCUT2D eigenvalue weighted by Crippen LogP contribution is 2.25. The van der Waals surface area contributed by atoms with E-state index < -0.39 is 0 Å². The maximum Gasteiger partial charge on any atom is 0.305 e. The fourth-order valence-corrected chi connectivity index (χ4v) is 3.56. The third-order valence-electron chi connectivity index (χ3n) is 5.58. The van der Waals surface area contributed by atoms with Gasteiger partial charge in [0, 0.05) is 12.6 Å². The van der Waals surface area contributed by atoms with E-state index >= 15 is 0 Å². The Morgan fingerprint density at radius 2 is 1.78 bits per heavy atom. The van der Waals surface area contributed by atoms with Crippen LogP contribution in [-0.2, 0) is 9.53 Å². The molecule has 180 valence electrons. The molecule has 1 N–H and O–H groups in total. The zero-order valence-electron chi connectivity index (χ0n) is 20.4. The third-order valence-corrected chi connectivity index (χ3v) is 5.58. The maximum atomic E-state index is 11.1. The molecular weight excluding hydrogens is 402 g/mol. The standard InChI is InChI=1S/C27H43NO4/c1-4-5-6-13-16-24(28-22-23-19-20-25(29)26(21-23)31-2)17-14-11-9-7-8-10-12-15-18-27(30)32-3/h11,14,19-22,24,29H,4-10,12-13,15-18H2,1-3H3/b14-11-,28-22?. The second kappa shape index (κ2) is 18.3. The fourth-order valence-electron chi connectivity index (χ4n) is 3.56. The van der Waals surface area contributed by atoms with Crippen molar-refractivity contribution >= 4 is 12.2 Å². The number of phenols is 1. The number of aliphatic imine (C=N–C) groups is 1. The van der Waals surface area contributed by atoms with Crippen LogP contribution in [0.2, 0.25) is 0 Å². The predicted octanol–water partition coefficient (Wildman–Crippen LogP) is 7.01. The van der Waals surface area contributed by atoms with Crippen molar-refractivity contribution in [2.24, 2.45) is 4.99 Å². The third kappa shape index (κ3) is 13.2. The van der Waals surface area contributed by atoms with Crippen molar-refractivity contribution in [1.29, 1.82) is 0 Å². The Morgan fingerprint density at radius 3 is 2.53 bits per heavy atom. The zero-order valence-corrected chi connectivity index (χ0v) is 20.4. The van der Waals surface area contributed by atoms with E-state index in [9.17, 15) is 9.90 Å². The summed E-state index contributed by atoms with van der Waals surface area (Å²) in [5.41, 5.74) is 0.939. The topological polar surface area (TPSA) is 68.1 Å². The number of carbonyl (C=O) groups is 1. The molecule has 0 aliphatic heterocycles. The fraction of sp³-hybridized carbons (Fsp3) is 0.630. The summed E-state index contributed by atoms with van der Waals surface area (Å²) < 4.78 is 9.85. The zero-order chi connectivity index (χ0) is 23.4. The predicted molar refractivity (Wildman–Crippen MR) is 133 cm³/mol. The molecule has 0 saturated carbocycles. The van der Waals surface area contributed by atoms with E-state index in [1.165, 1.54) is 52.1 Å². The van der Waals surface area contributed by atoms with E-state index in [0.717, 1.165) is 37.7 Å². The van der Waals surface area contributed by atoms with Crippen LogP contribution >= 0.6 is 0 Å². The molecule has 1 aromatic rings. The van der Waals surface area contributed by atoms with Crippen LogP contribution in [0.3, 0.4) is 0 Å². The molecule has 0 spiro atoms. The second-order valence-electron chi connectivity index (χ2n) is 8.30. The van der Waals surface area contributed by atoms with Crippen LogP contribution in [0.1, 0.15) is 96.0 Å². The first-order chi connectivity index (χ1) is 15.6. The quantitative estimate of drug-likeness (QED) is 0.114. The monoisotopic (exact) mass is 445 g/mol. The number of phenolic OH excluding ortho intramolecular Hbond substituents is 1. The summed E-state index contributed by atoms with van der Waals surface area (Å²) in [6, 6.07) is 5.59. The van der Waals surface area contributed by atoms with Crippen LogP contribution in [0.15, 0.2) is 35.3 Å². The van der Waals surface area contributed by atoms with E-state index in [0.29, 0.717) is 12.2 Å². The number of ether oxygens (including phenoxy) is 2. The number of nitrogens with zero attached hydrogens (tertiary/aromatic N) is 1. The summed E-state index contributed by atoms with van der Waals surface area (Å²) in [6.45, 7) is 2.23. The number of esters is 1. The lowest BCUT2D eigenvalue weighted by Gasteiger charge is -2.10. The summed E-state index contributed by atoms with van der Waals surface area (Å²) in [5, 5.41) is 9.76. The molecule has 0 fully saturated rings. The van der Waals surface area contributed by atoms with E-state index in [1.54, 1.807) is 13.2 Å². The van der Waals surface area contributed by atoms with Crippen LogP contribution < -0.4 is 4.74 Å². The van der Waals surface area contributed by atoms with Gasteiger partial charge in [-0.1, -0.05) is 64.0 Å². The Kier molecular flexibility index (Phi) is 15.9. The molecule has 0 heterocycles. The smallest absolute Gasteiger partial charge is 0.305 e. The van der Waals surface area contributed by atoms with Gasteiger partial charge in [-0.05, 0) is 55.9 Å². The first kappa shape index (κ1) is 27.7. The summed E-state index contributed by atoms with van der Waals surface area (Å²) in [5.74, 6) is 0.509. The van der Waals surface area contributed by atoms with Crippen LogP contribution in [-0.4, -0.2) is 37.6 Å². The Morgan fingerprint density at radius 1 is 1.03 bits per heavy atom. The van der Waals surface area contributed by atoms with Gasteiger partial charge >= 0.3 is 5.97 Å². The van der Waals surface area contributed by atoms with E-state index in [1.807, 2.05) is 18.3 Å². The number of methoxy groups -OCH3 is 2. The molecule has 5 heteroatoms. The van der Waals surface area contributed by atoms with E-state index in [4.69, 9.17) is 9.73 Å². The van der Waals surface area contributed by atoms with Gasteiger partial charge in [-0.15, -0.1) is 0 Å². The minimum atomic E-state index is -0.107. The first-order valence-electron chi connectivity index (χ1n) is 12.2. The average Bonchev–Trinajstić information content (AvgIpc) is 2.81. The molecule has 0 radical (unpaired) electrons. The van der Waals surface area contributed by atoms with Crippen molar-refractivity contribution in [3.63, 3.8) is 0 Å². The van der Waals surface area contributed by atoms with Gasteiger partial charge in [0.15, 0.2) is 11.5 Å². The Balaban J connectivity index is 2.40. The normalized spacial score (nSPS) is 12.5. The SMILES string of the molecule is CCCCCCC(C/C=C\CCCCCCCC(=O)OC)N=Cc1ccc(O)c(OC)c1. The van der Waals surface area contributed by atoms with Gasteiger partial charge in [-0.2, -0.15) is 0 Å². The number of hydrogen-bond donors (Lipinski definition) is 1. The number of unbranched alkanes of at least 4 members (excludes halogenated alkanes) is 8. The number of carbonyl (C=O) groups excluding carboxylic acids is 1. The highest BCUT2D eigenvalue weighted by Gasteiger charge is 2.06. The molecule has 0 aliphatic carbocycles. The second-order valence-corrected chi connectivity index (χ2v) is 8.30. The van der Waals surface area contributed by atoms with Gasteiger partial charge in [-0.3, -0.25) is 9.79 Å². The minimum absolute atomic E-state index is 0.107. The molecule has 1 unspecified atom stereocenters. The maximum absolute atomic E-state index is 11.1. The Labute approximate surface area is 194 Å². The highest BCUT2D eigenvalue weighted by molar-refractivity contribution is 5.81.